The molecule has 0 spiro atoms. The Hall–Kier alpha value is -2.41. The van der Waals surface area contributed by atoms with Crippen molar-refractivity contribution in [2.45, 2.75) is 45.6 Å². The van der Waals surface area contributed by atoms with Crippen molar-refractivity contribution in [2.24, 2.45) is 0 Å². The number of nitrogens with zero attached hydrogens (tertiary/aromatic N) is 2. The molecule has 0 aliphatic carbocycles. The highest BCUT2D eigenvalue weighted by molar-refractivity contribution is 6.07. The molecule has 2 aromatic rings. The van der Waals surface area contributed by atoms with Crippen LogP contribution in [0.1, 0.15) is 49.9 Å². The van der Waals surface area contributed by atoms with Gasteiger partial charge in [-0.05, 0) is 25.5 Å². The molecule has 0 saturated heterocycles. The van der Waals surface area contributed by atoms with Crippen LogP contribution in [0.4, 0.5) is 11.5 Å². The maximum atomic E-state index is 12.4. The van der Waals surface area contributed by atoms with Gasteiger partial charge in [0.05, 0.1) is 24.4 Å². The molecule has 2 heterocycles. The third kappa shape index (κ3) is 4.57. The number of anilines is 2. The number of hydrogen-bond donors (Lipinski definition) is 3. The molecule has 0 bridgehead atoms. The van der Waals surface area contributed by atoms with Gasteiger partial charge < -0.3 is 20.9 Å². The molecule has 2 rings (SSSR count). The number of carbonyl (C=O) groups is 1. The third-order valence-corrected chi connectivity index (χ3v) is 3.97. The van der Waals surface area contributed by atoms with Gasteiger partial charge in [-0.3, -0.25) is 4.98 Å². The Balaban J connectivity index is 2.46. The molecule has 0 aliphatic rings. The van der Waals surface area contributed by atoms with Crippen LogP contribution >= 0.6 is 0 Å². The lowest BCUT2D eigenvalue weighted by Gasteiger charge is -2.21. The number of unbranched alkanes of at least 4 members (excludes halogenated alkanes) is 2. The van der Waals surface area contributed by atoms with Crippen LogP contribution in [0.3, 0.4) is 0 Å². The predicted molar refractivity (Wildman–Crippen MR) is 98.5 cm³/mol. The van der Waals surface area contributed by atoms with Crippen LogP contribution in [-0.4, -0.2) is 40.3 Å². The molecular weight excluding hydrogens is 320 g/mol. The number of pyridine rings is 2. The van der Waals surface area contributed by atoms with Crippen LogP contribution in [0.25, 0.3) is 11.0 Å². The van der Waals surface area contributed by atoms with Crippen molar-refractivity contribution < 1.29 is 14.6 Å². The molecule has 0 amide bonds. The molecular formula is C18H26N4O3. The average Bonchev–Trinajstić information content (AvgIpc) is 2.60. The molecule has 4 N–H and O–H groups in total. The molecule has 7 nitrogen and oxygen atoms in total. The zero-order chi connectivity index (χ0) is 18.2. The Kier molecular flexibility index (Phi) is 6.94. The second-order valence-corrected chi connectivity index (χ2v) is 5.86. The minimum atomic E-state index is -0.548. The fourth-order valence-corrected chi connectivity index (χ4v) is 2.72. The quantitative estimate of drug-likeness (QED) is 0.473. The molecule has 25 heavy (non-hydrogen) atoms. The molecule has 1 unspecified atom stereocenters. The minimum absolute atomic E-state index is 0.0530. The summed E-state index contributed by atoms with van der Waals surface area (Å²) in [4.78, 5) is 21.0. The monoisotopic (exact) mass is 346 g/mol. The van der Waals surface area contributed by atoms with Crippen LogP contribution < -0.4 is 11.1 Å². The van der Waals surface area contributed by atoms with Crippen molar-refractivity contribution in [1.29, 1.82) is 0 Å². The fourth-order valence-electron chi connectivity index (χ4n) is 2.72. The van der Waals surface area contributed by atoms with E-state index >= 15 is 0 Å². The van der Waals surface area contributed by atoms with Crippen molar-refractivity contribution in [3.8, 4) is 0 Å². The van der Waals surface area contributed by atoms with Crippen molar-refractivity contribution in [1.82, 2.24) is 9.97 Å². The fraction of sp³-hybridized carbons (Fsp3) is 0.500. The van der Waals surface area contributed by atoms with Crippen LogP contribution in [0.2, 0.25) is 0 Å². The Labute approximate surface area is 147 Å². The molecule has 7 heteroatoms. The molecule has 136 valence electrons. The number of carbonyl (C=O) groups excluding carboxylic acids is 1. The van der Waals surface area contributed by atoms with Crippen LogP contribution in [0, 0.1) is 0 Å². The van der Waals surface area contributed by atoms with E-state index in [9.17, 15) is 9.90 Å². The summed E-state index contributed by atoms with van der Waals surface area (Å²) in [6, 6.07) is 3.34. The van der Waals surface area contributed by atoms with Gasteiger partial charge in [-0.1, -0.05) is 26.2 Å². The van der Waals surface area contributed by atoms with E-state index < -0.39 is 5.97 Å². The molecule has 1 atom stereocenters. The van der Waals surface area contributed by atoms with Crippen LogP contribution in [0.5, 0.6) is 0 Å². The number of aliphatic hydroxyl groups is 1. The molecule has 2 aromatic heterocycles. The average molecular weight is 346 g/mol. The SMILES string of the molecule is CCCCCC(CO)Nc1c(C(=O)OCC)c(N)nc2cccnc12. The Morgan fingerprint density at radius 1 is 1.40 bits per heavy atom. The number of nitrogens with two attached hydrogens (primary N) is 1. The van der Waals surface area contributed by atoms with Gasteiger partial charge in [-0.2, -0.15) is 0 Å². The van der Waals surface area contributed by atoms with E-state index in [1.807, 2.05) is 0 Å². The van der Waals surface area contributed by atoms with E-state index in [2.05, 4.69) is 22.2 Å². The lowest BCUT2D eigenvalue weighted by molar-refractivity contribution is 0.0528. The summed E-state index contributed by atoms with van der Waals surface area (Å²) in [5.41, 5.74) is 7.77. The smallest absolute Gasteiger partial charge is 0.344 e. The van der Waals surface area contributed by atoms with Crippen molar-refractivity contribution in [3.05, 3.63) is 23.9 Å². The van der Waals surface area contributed by atoms with Crippen molar-refractivity contribution in [2.75, 3.05) is 24.3 Å². The molecule has 0 fully saturated rings. The number of ether oxygens (including phenoxy) is 1. The molecule has 0 saturated carbocycles. The van der Waals surface area contributed by atoms with Gasteiger partial charge in [-0.25, -0.2) is 9.78 Å². The summed E-state index contributed by atoms with van der Waals surface area (Å²) in [6.45, 7) is 4.04. The lowest BCUT2D eigenvalue weighted by Crippen LogP contribution is -2.26. The number of esters is 1. The first-order valence-electron chi connectivity index (χ1n) is 8.71. The highest BCUT2D eigenvalue weighted by Gasteiger charge is 2.23. The third-order valence-electron chi connectivity index (χ3n) is 3.97. The van der Waals surface area contributed by atoms with Crippen LogP contribution in [0.15, 0.2) is 18.3 Å². The van der Waals surface area contributed by atoms with E-state index in [1.54, 1.807) is 25.3 Å². The molecule has 0 radical (unpaired) electrons. The number of nitrogen functional groups attached to an aromatic ring is 1. The number of rotatable bonds is 9. The summed E-state index contributed by atoms with van der Waals surface area (Å²) in [5.74, 6) is -0.459. The maximum absolute atomic E-state index is 12.4. The minimum Gasteiger partial charge on any atom is -0.462 e. The van der Waals surface area contributed by atoms with Gasteiger partial charge in [0.2, 0.25) is 0 Å². The van der Waals surface area contributed by atoms with Gasteiger partial charge in [0.25, 0.3) is 0 Å². The van der Waals surface area contributed by atoms with Crippen molar-refractivity contribution >= 4 is 28.5 Å². The van der Waals surface area contributed by atoms with Gasteiger partial charge in [0.15, 0.2) is 0 Å². The lowest BCUT2D eigenvalue weighted by atomic mass is 10.1. The first kappa shape index (κ1) is 18.9. The number of nitrogens with one attached hydrogen (secondary N) is 1. The summed E-state index contributed by atoms with van der Waals surface area (Å²) in [5, 5.41) is 13.0. The van der Waals surface area contributed by atoms with Gasteiger partial charge in [-0.15, -0.1) is 0 Å². The van der Waals surface area contributed by atoms with E-state index in [1.165, 1.54) is 0 Å². The van der Waals surface area contributed by atoms with E-state index in [0.29, 0.717) is 16.7 Å². The van der Waals surface area contributed by atoms with Gasteiger partial charge in [0, 0.05) is 12.2 Å². The second-order valence-electron chi connectivity index (χ2n) is 5.86. The van der Waals surface area contributed by atoms with Crippen LogP contribution in [-0.2, 0) is 4.74 Å². The Morgan fingerprint density at radius 3 is 2.88 bits per heavy atom. The van der Waals surface area contributed by atoms with E-state index in [-0.39, 0.29) is 30.6 Å². The standard InChI is InChI=1S/C18H26N4O3/c1-3-5-6-8-12(11-23)21-16-14(18(24)25-4-2)17(19)22-13-9-7-10-20-15(13)16/h7,9-10,12,23H,3-6,8,11H2,1-2H3,(H3,19,21,22). The first-order valence-corrected chi connectivity index (χ1v) is 8.71. The maximum Gasteiger partial charge on any atom is 0.344 e. The number of aromatic nitrogens is 2. The van der Waals surface area contributed by atoms with Gasteiger partial charge in [0.1, 0.15) is 16.9 Å². The van der Waals surface area contributed by atoms with Crippen molar-refractivity contribution in [3.63, 3.8) is 0 Å². The normalized spacial score (nSPS) is 12.1. The largest absolute Gasteiger partial charge is 0.462 e. The topological polar surface area (TPSA) is 110 Å². The molecule has 0 aromatic carbocycles. The zero-order valence-electron chi connectivity index (χ0n) is 14.8. The Bertz CT molecular complexity index is 721. The summed E-state index contributed by atoms with van der Waals surface area (Å²) in [7, 11) is 0. The summed E-state index contributed by atoms with van der Waals surface area (Å²) < 4.78 is 5.12. The van der Waals surface area contributed by atoms with Gasteiger partial charge >= 0.3 is 5.97 Å². The number of hydrogen-bond acceptors (Lipinski definition) is 7. The predicted octanol–water partition coefficient (Wildman–Crippen LogP) is 2.74. The summed E-state index contributed by atoms with van der Waals surface area (Å²) in [6.07, 6.45) is 5.57. The van der Waals surface area contributed by atoms with E-state index in [0.717, 1.165) is 25.7 Å². The first-order chi connectivity index (χ1) is 12.1. The highest BCUT2D eigenvalue weighted by Crippen LogP contribution is 2.30. The second kappa shape index (κ2) is 9.17. The zero-order valence-corrected chi connectivity index (χ0v) is 14.8. The summed E-state index contributed by atoms with van der Waals surface area (Å²) >= 11 is 0. The molecule has 0 aliphatic heterocycles. The number of aliphatic hydroxyl groups excluding tert-OH is 1. The highest BCUT2D eigenvalue weighted by atomic mass is 16.5. The van der Waals surface area contributed by atoms with E-state index in [4.69, 9.17) is 10.5 Å². The number of fused-ring (bicyclic) bond motifs is 1. The Morgan fingerprint density at radius 2 is 2.20 bits per heavy atom.